The Labute approximate surface area is 84.2 Å². The first-order valence-corrected chi connectivity index (χ1v) is 4.21. The minimum atomic E-state index is -1.33. The Kier molecular flexibility index (Phi) is 6.15. The standard InChI is InChI=1S/C10H15N2O2/c1-4-7-12(8-5-2)9(6-3)11-10(13)14/h4-6,9,11H,1-3,7-8H2. The van der Waals surface area contributed by atoms with E-state index in [1.165, 1.54) is 6.08 Å². The molecular weight excluding hydrogens is 180 g/mol. The molecule has 1 N–H and O–H groups in total. The summed E-state index contributed by atoms with van der Waals surface area (Å²) in [6.07, 6.45) is 3.04. The SMILES string of the molecule is C=CCN(CC=C)C(C=C)NC([O])=O. The van der Waals surface area contributed by atoms with E-state index in [-0.39, 0.29) is 0 Å². The molecule has 0 saturated carbocycles. The summed E-state index contributed by atoms with van der Waals surface area (Å²) in [7, 11) is 0. The van der Waals surface area contributed by atoms with Crippen molar-refractivity contribution in [1.82, 2.24) is 10.2 Å². The molecule has 14 heavy (non-hydrogen) atoms. The third-order valence-electron chi connectivity index (χ3n) is 1.61. The van der Waals surface area contributed by atoms with Crippen LogP contribution in [0.15, 0.2) is 38.0 Å². The van der Waals surface area contributed by atoms with Gasteiger partial charge in [0.1, 0.15) is 6.17 Å². The van der Waals surface area contributed by atoms with Gasteiger partial charge >= 0.3 is 6.09 Å². The van der Waals surface area contributed by atoms with E-state index in [1.54, 1.807) is 17.1 Å². The van der Waals surface area contributed by atoms with Crippen LogP contribution in [-0.2, 0) is 5.11 Å². The molecule has 1 atom stereocenters. The van der Waals surface area contributed by atoms with Gasteiger partial charge in [0.05, 0.1) is 0 Å². The van der Waals surface area contributed by atoms with Crippen LogP contribution in [-0.4, -0.2) is 30.2 Å². The summed E-state index contributed by atoms with van der Waals surface area (Å²) in [5.41, 5.74) is 0. The Bertz CT molecular complexity index is 216. The summed E-state index contributed by atoms with van der Waals surface area (Å²) in [4.78, 5) is 12.1. The molecule has 0 heterocycles. The number of rotatable bonds is 7. The van der Waals surface area contributed by atoms with Crippen LogP contribution in [0, 0.1) is 0 Å². The molecule has 0 aliphatic heterocycles. The fraction of sp³-hybridized carbons (Fsp3) is 0.300. The largest absolute Gasteiger partial charge is 0.452 e. The van der Waals surface area contributed by atoms with Crippen molar-refractivity contribution >= 4 is 6.09 Å². The number of hydrogen-bond donors (Lipinski definition) is 1. The zero-order chi connectivity index (χ0) is 11.0. The highest BCUT2D eigenvalue weighted by Gasteiger charge is 2.14. The van der Waals surface area contributed by atoms with Gasteiger partial charge in [-0.3, -0.25) is 10.2 Å². The average Bonchev–Trinajstić information content (AvgIpc) is 2.13. The fourth-order valence-corrected chi connectivity index (χ4v) is 1.05. The second-order valence-electron chi connectivity index (χ2n) is 2.64. The van der Waals surface area contributed by atoms with E-state index >= 15 is 0 Å². The van der Waals surface area contributed by atoms with Gasteiger partial charge in [0.15, 0.2) is 0 Å². The molecule has 1 amide bonds. The summed E-state index contributed by atoms with van der Waals surface area (Å²) >= 11 is 0. The molecule has 77 valence electrons. The van der Waals surface area contributed by atoms with E-state index in [1.807, 2.05) is 0 Å². The molecule has 0 aliphatic rings. The first-order chi connectivity index (χ1) is 6.65. The molecular formula is C10H15N2O2. The maximum absolute atomic E-state index is 10.3. The van der Waals surface area contributed by atoms with Crippen molar-refractivity contribution in [2.24, 2.45) is 0 Å². The average molecular weight is 195 g/mol. The van der Waals surface area contributed by atoms with E-state index in [0.29, 0.717) is 13.1 Å². The maximum Gasteiger partial charge on any atom is 0.452 e. The minimum absolute atomic E-state index is 0.476. The van der Waals surface area contributed by atoms with Gasteiger partial charge < -0.3 is 0 Å². The molecule has 0 rings (SSSR count). The van der Waals surface area contributed by atoms with Crippen LogP contribution >= 0.6 is 0 Å². The van der Waals surface area contributed by atoms with Crippen LogP contribution in [0.2, 0.25) is 0 Å². The van der Waals surface area contributed by atoms with Crippen LogP contribution in [0.1, 0.15) is 0 Å². The Morgan fingerprint density at radius 3 is 2.07 bits per heavy atom. The van der Waals surface area contributed by atoms with Gasteiger partial charge in [-0.05, 0) is 0 Å². The zero-order valence-corrected chi connectivity index (χ0v) is 8.11. The van der Waals surface area contributed by atoms with Crippen molar-refractivity contribution in [3.63, 3.8) is 0 Å². The normalized spacial score (nSPS) is 11.8. The predicted molar refractivity (Wildman–Crippen MR) is 55.2 cm³/mol. The monoisotopic (exact) mass is 195 g/mol. The highest BCUT2D eigenvalue weighted by molar-refractivity contribution is 5.64. The summed E-state index contributed by atoms with van der Waals surface area (Å²) in [6.45, 7) is 11.8. The number of amides is 1. The molecule has 0 aromatic heterocycles. The number of hydrogen-bond acceptors (Lipinski definition) is 2. The Hall–Kier alpha value is -1.55. The third kappa shape index (κ3) is 4.47. The van der Waals surface area contributed by atoms with Crippen LogP contribution in [0.5, 0.6) is 0 Å². The Morgan fingerprint density at radius 1 is 1.29 bits per heavy atom. The van der Waals surface area contributed by atoms with Gasteiger partial charge in [0.2, 0.25) is 0 Å². The summed E-state index contributed by atoms with van der Waals surface area (Å²) in [6, 6.07) is 0. The zero-order valence-electron chi connectivity index (χ0n) is 8.11. The Balaban J connectivity index is 4.38. The van der Waals surface area contributed by atoms with Crippen LogP contribution < -0.4 is 5.32 Å². The second kappa shape index (κ2) is 6.91. The third-order valence-corrected chi connectivity index (χ3v) is 1.61. The van der Waals surface area contributed by atoms with Crippen molar-refractivity contribution < 1.29 is 9.90 Å². The molecule has 4 nitrogen and oxygen atoms in total. The van der Waals surface area contributed by atoms with Crippen molar-refractivity contribution in [3.8, 4) is 0 Å². The van der Waals surface area contributed by atoms with E-state index in [2.05, 4.69) is 25.1 Å². The predicted octanol–water partition coefficient (Wildman–Crippen LogP) is 1.31. The molecule has 0 aromatic carbocycles. The van der Waals surface area contributed by atoms with E-state index in [9.17, 15) is 9.90 Å². The quantitative estimate of drug-likeness (QED) is 0.492. The lowest BCUT2D eigenvalue weighted by molar-refractivity contribution is 0.149. The minimum Gasteiger partial charge on any atom is -0.299 e. The molecule has 1 radical (unpaired) electrons. The van der Waals surface area contributed by atoms with Gasteiger partial charge in [0, 0.05) is 13.1 Å². The molecule has 0 spiro atoms. The molecule has 0 aliphatic carbocycles. The number of carbonyl (C=O) groups is 1. The summed E-state index contributed by atoms with van der Waals surface area (Å²) in [5.74, 6) is 0. The summed E-state index contributed by atoms with van der Waals surface area (Å²) < 4.78 is 0. The second-order valence-corrected chi connectivity index (χ2v) is 2.64. The van der Waals surface area contributed by atoms with Crippen molar-refractivity contribution in [1.29, 1.82) is 0 Å². The van der Waals surface area contributed by atoms with Crippen LogP contribution in [0.4, 0.5) is 4.79 Å². The van der Waals surface area contributed by atoms with Crippen LogP contribution in [0.3, 0.4) is 0 Å². The Morgan fingerprint density at radius 2 is 1.79 bits per heavy atom. The molecule has 0 saturated heterocycles. The smallest absolute Gasteiger partial charge is 0.299 e. The van der Waals surface area contributed by atoms with Crippen LogP contribution in [0.25, 0.3) is 0 Å². The summed E-state index contributed by atoms with van der Waals surface area (Å²) in [5, 5.41) is 12.6. The van der Waals surface area contributed by atoms with Crippen molar-refractivity contribution in [2.75, 3.05) is 13.1 Å². The number of carbonyl (C=O) groups excluding carboxylic acids is 1. The first-order valence-electron chi connectivity index (χ1n) is 4.21. The van der Waals surface area contributed by atoms with Gasteiger partial charge in [0.25, 0.3) is 0 Å². The number of nitrogens with one attached hydrogen (secondary N) is 1. The maximum atomic E-state index is 10.3. The molecule has 4 heteroatoms. The lowest BCUT2D eigenvalue weighted by atomic mass is 10.3. The first kappa shape index (κ1) is 12.4. The van der Waals surface area contributed by atoms with Gasteiger partial charge in [-0.1, -0.05) is 24.8 Å². The van der Waals surface area contributed by atoms with Gasteiger partial charge in [-0.15, -0.1) is 13.2 Å². The molecule has 0 aromatic rings. The number of nitrogens with zero attached hydrogens (tertiary/aromatic N) is 1. The molecule has 1 unspecified atom stereocenters. The van der Waals surface area contributed by atoms with Gasteiger partial charge in [-0.25, -0.2) is 9.90 Å². The lowest BCUT2D eigenvalue weighted by Gasteiger charge is -2.26. The highest BCUT2D eigenvalue weighted by Crippen LogP contribution is 1.98. The highest BCUT2D eigenvalue weighted by atomic mass is 16.4. The van der Waals surface area contributed by atoms with Gasteiger partial charge in [-0.2, -0.15) is 0 Å². The van der Waals surface area contributed by atoms with E-state index < -0.39 is 12.3 Å². The van der Waals surface area contributed by atoms with E-state index in [0.717, 1.165) is 0 Å². The molecule has 0 fully saturated rings. The topological polar surface area (TPSA) is 52.2 Å². The lowest BCUT2D eigenvalue weighted by Crippen LogP contribution is -2.46. The van der Waals surface area contributed by atoms with Crippen molar-refractivity contribution in [3.05, 3.63) is 38.0 Å². The fourth-order valence-electron chi connectivity index (χ4n) is 1.05. The van der Waals surface area contributed by atoms with E-state index in [4.69, 9.17) is 0 Å². The van der Waals surface area contributed by atoms with Crippen molar-refractivity contribution in [2.45, 2.75) is 6.17 Å². The molecule has 0 bridgehead atoms.